The standard InChI is InChI=1S/C13H9BrN4S/c14-8-4-3-7-11(12(8)13(15)19)18-10-6-2-1-5-9(10)16-17-18/h1-7H,(H2,15,19). The third-order valence-corrected chi connectivity index (χ3v) is 3.68. The first kappa shape index (κ1) is 12.3. The van der Waals surface area contributed by atoms with Crippen molar-refractivity contribution in [2.24, 2.45) is 5.73 Å². The first-order valence-corrected chi connectivity index (χ1v) is 6.78. The van der Waals surface area contributed by atoms with Crippen LogP contribution < -0.4 is 5.73 Å². The topological polar surface area (TPSA) is 56.7 Å². The molecule has 1 aromatic heterocycles. The molecular weight excluding hydrogens is 324 g/mol. The van der Waals surface area contributed by atoms with E-state index in [1.54, 1.807) is 4.68 Å². The minimum atomic E-state index is 0.321. The van der Waals surface area contributed by atoms with Gasteiger partial charge in [0.1, 0.15) is 10.5 Å². The number of hydrogen-bond donors (Lipinski definition) is 1. The highest BCUT2D eigenvalue weighted by molar-refractivity contribution is 9.10. The molecule has 3 aromatic rings. The second-order valence-corrected chi connectivity index (χ2v) is 5.28. The van der Waals surface area contributed by atoms with Crippen LogP contribution in [0.15, 0.2) is 46.9 Å². The van der Waals surface area contributed by atoms with Crippen LogP contribution in [0.2, 0.25) is 0 Å². The lowest BCUT2D eigenvalue weighted by molar-refractivity contribution is 0.822. The molecule has 0 atom stereocenters. The number of aromatic nitrogens is 3. The smallest absolute Gasteiger partial charge is 0.113 e. The molecule has 6 heteroatoms. The van der Waals surface area contributed by atoms with Crippen molar-refractivity contribution in [3.05, 3.63) is 52.5 Å². The van der Waals surface area contributed by atoms with E-state index in [2.05, 4.69) is 26.2 Å². The summed E-state index contributed by atoms with van der Waals surface area (Å²) >= 11 is 8.59. The van der Waals surface area contributed by atoms with Crippen LogP contribution in [-0.2, 0) is 0 Å². The molecule has 2 aromatic carbocycles. The van der Waals surface area contributed by atoms with E-state index in [9.17, 15) is 0 Å². The fraction of sp³-hybridized carbons (Fsp3) is 0. The Morgan fingerprint density at radius 2 is 1.95 bits per heavy atom. The minimum absolute atomic E-state index is 0.321. The lowest BCUT2D eigenvalue weighted by atomic mass is 10.1. The summed E-state index contributed by atoms with van der Waals surface area (Å²) in [6.45, 7) is 0. The third-order valence-electron chi connectivity index (χ3n) is 2.82. The monoisotopic (exact) mass is 332 g/mol. The normalized spacial score (nSPS) is 10.8. The van der Waals surface area contributed by atoms with Gasteiger partial charge >= 0.3 is 0 Å². The quantitative estimate of drug-likeness (QED) is 0.733. The summed E-state index contributed by atoms with van der Waals surface area (Å²) in [5.41, 5.74) is 9.12. The van der Waals surface area contributed by atoms with E-state index in [1.807, 2.05) is 42.5 Å². The lowest BCUT2D eigenvalue weighted by Crippen LogP contribution is -2.14. The first-order valence-electron chi connectivity index (χ1n) is 5.57. The van der Waals surface area contributed by atoms with Crippen LogP contribution in [0.5, 0.6) is 0 Å². The van der Waals surface area contributed by atoms with Crippen molar-refractivity contribution in [2.45, 2.75) is 0 Å². The van der Waals surface area contributed by atoms with E-state index in [0.717, 1.165) is 26.8 Å². The van der Waals surface area contributed by atoms with E-state index in [0.29, 0.717) is 4.99 Å². The number of halogens is 1. The van der Waals surface area contributed by atoms with Crippen LogP contribution in [-0.4, -0.2) is 20.0 Å². The zero-order valence-corrected chi connectivity index (χ0v) is 12.1. The second-order valence-electron chi connectivity index (χ2n) is 3.99. The van der Waals surface area contributed by atoms with Gasteiger partial charge in [0.15, 0.2) is 0 Å². The average molecular weight is 333 g/mol. The van der Waals surface area contributed by atoms with E-state index >= 15 is 0 Å². The molecule has 0 fully saturated rings. The molecule has 4 nitrogen and oxygen atoms in total. The summed E-state index contributed by atoms with van der Waals surface area (Å²) in [4.78, 5) is 0.321. The Bertz CT molecular complexity index is 781. The number of thiocarbonyl (C=S) groups is 1. The Morgan fingerprint density at radius 1 is 1.16 bits per heavy atom. The van der Waals surface area contributed by atoms with Gasteiger partial charge in [-0.25, -0.2) is 4.68 Å². The summed E-state index contributed by atoms with van der Waals surface area (Å²) in [7, 11) is 0. The summed E-state index contributed by atoms with van der Waals surface area (Å²) < 4.78 is 2.59. The van der Waals surface area contributed by atoms with Gasteiger partial charge in [-0.1, -0.05) is 35.6 Å². The molecule has 0 aliphatic heterocycles. The molecule has 0 bridgehead atoms. The van der Waals surface area contributed by atoms with E-state index in [-0.39, 0.29) is 0 Å². The minimum Gasteiger partial charge on any atom is -0.389 e. The highest BCUT2D eigenvalue weighted by Crippen LogP contribution is 2.25. The summed E-state index contributed by atoms with van der Waals surface area (Å²) in [5, 5.41) is 8.32. The summed E-state index contributed by atoms with van der Waals surface area (Å²) in [6.07, 6.45) is 0. The number of para-hydroxylation sites is 1. The van der Waals surface area contributed by atoms with Crippen LogP contribution in [0.3, 0.4) is 0 Å². The van der Waals surface area contributed by atoms with Crippen LogP contribution in [0.4, 0.5) is 0 Å². The molecule has 1 heterocycles. The second kappa shape index (κ2) is 4.71. The molecule has 0 spiro atoms. The highest BCUT2D eigenvalue weighted by atomic mass is 79.9. The number of benzene rings is 2. The predicted octanol–water partition coefficient (Wildman–Crippen LogP) is 2.82. The van der Waals surface area contributed by atoms with Crippen molar-refractivity contribution in [2.75, 3.05) is 0 Å². The van der Waals surface area contributed by atoms with Crippen molar-refractivity contribution in [1.29, 1.82) is 0 Å². The number of hydrogen-bond acceptors (Lipinski definition) is 3. The van der Waals surface area contributed by atoms with Crippen molar-refractivity contribution in [3.63, 3.8) is 0 Å². The van der Waals surface area contributed by atoms with E-state index < -0.39 is 0 Å². The largest absolute Gasteiger partial charge is 0.389 e. The number of nitrogens with two attached hydrogens (primary N) is 1. The van der Waals surface area contributed by atoms with Crippen molar-refractivity contribution in [1.82, 2.24) is 15.0 Å². The molecule has 3 rings (SSSR count). The summed E-state index contributed by atoms with van der Waals surface area (Å²) in [6, 6.07) is 13.5. The van der Waals surface area contributed by atoms with Crippen molar-refractivity contribution >= 4 is 44.2 Å². The number of rotatable bonds is 2. The Labute approximate surface area is 123 Å². The van der Waals surface area contributed by atoms with Crippen molar-refractivity contribution in [3.8, 4) is 5.69 Å². The van der Waals surface area contributed by atoms with E-state index in [4.69, 9.17) is 18.0 Å². The molecule has 0 unspecified atom stereocenters. The SMILES string of the molecule is NC(=S)c1c(Br)cccc1-n1nnc2ccccc21. The highest BCUT2D eigenvalue weighted by Gasteiger charge is 2.14. The molecule has 0 saturated carbocycles. The number of nitrogens with zero attached hydrogens (tertiary/aromatic N) is 3. The van der Waals surface area contributed by atoms with Gasteiger partial charge in [-0.15, -0.1) is 5.10 Å². The van der Waals surface area contributed by atoms with Gasteiger partial charge in [0.25, 0.3) is 0 Å². The molecule has 0 amide bonds. The fourth-order valence-corrected chi connectivity index (χ4v) is 2.90. The van der Waals surface area contributed by atoms with Gasteiger partial charge in [-0.3, -0.25) is 0 Å². The van der Waals surface area contributed by atoms with Crippen molar-refractivity contribution < 1.29 is 0 Å². The van der Waals surface area contributed by atoms with Gasteiger partial charge in [0.05, 0.1) is 11.2 Å². The first-order chi connectivity index (χ1) is 9.18. The Kier molecular flexibility index (Phi) is 3.04. The van der Waals surface area contributed by atoms with Crippen LogP contribution in [0.1, 0.15) is 5.56 Å². The molecule has 0 radical (unpaired) electrons. The molecule has 94 valence electrons. The molecule has 0 aliphatic rings. The Morgan fingerprint density at radius 3 is 2.74 bits per heavy atom. The van der Waals surface area contributed by atoms with Crippen LogP contribution in [0.25, 0.3) is 16.7 Å². The average Bonchev–Trinajstić information content (AvgIpc) is 2.81. The zero-order valence-electron chi connectivity index (χ0n) is 9.75. The zero-order chi connectivity index (χ0) is 13.4. The maximum Gasteiger partial charge on any atom is 0.113 e. The Balaban J connectivity index is 2.33. The van der Waals surface area contributed by atoms with Crippen LogP contribution in [0, 0.1) is 0 Å². The van der Waals surface area contributed by atoms with Gasteiger partial charge in [0, 0.05) is 10.0 Å². The maximum atomic E-state index is 5.81. The van der Waals surface area contributed by atoms with Gasteiger partial charge < -0.3 is 5.73 Å². The van der Waals surface area contributed by atoms with E-state index in [1.165, 1.54) is 0 Å². The number of fused-ring (bicyclic) bond motifs is 1. The molecule has 19 heavy (non-hydrogen) atoms. The predicted molar refractivity (Wildman–Crippen MR) is 82.5 cm³/mol. The van der Waals surface area contributed by atoms with Gasteiger partial charge in [-0.2, -0.15) is 0 Å². The molecule has 0 aliphatic carbocycles. The molecule has 0 saturated heterocycles. The molecular formula is C13H9BrN4S. The van der Waals surface area contributed by atoms with Gasteiger partial charge in [-0.05, 0) is 40.2 Å². The lowest BCUT2D eigenvalue weighted by Gasteiger charge is -2.10. The van der Waals surface area contributed by atoms with Crippen LogP contribution >= 0.6 is 28.1 Å². The Hall–Kier alpha value is -1.79. The third kappa shape index (κ3) is 2.02. The maximum absolute atomic E-state index is 5.81. The fourth-order valence-electron chi connectivity index (χ4n) is 1.98. The molecule has 2 N–H and O–H groups in total. The van der Waals surface area contributed by atoms with Gasteiger partial charge in [0.2, 0.25) is 0 Å². The summed E-state index contributed by atoms with van der Waals surface area (Å²) in [5.74, 6) is 0.